The maximum atomic E-state index is 13.6. The van der Waals surface area contributed by atoms with E-state index in [1.807, 2.05) is 55.1 Å². The minimum atomic E-state index is 0. The second-order valence-electron chi connectivity index (χ2n) is 7.13. The SMILES string of the molecule is CCN(CC)CCN(C(=O)c1cc(C)ccc1C)c1nc2ccc(OC)cc2s1.Cl. The second-order valence-corrected chi connectivity index (χ2v) is 8.14. The zero-order valence-electron chi connectivity index (χ0n) is 18.3. The molecule has 3 aromatic rings. The van der Waals surface area contributed by atoms with Crippen LogP contribution in [0.2, 0.25) is 0 Å². The molecule has 0 unspecified atom stereocenters. The number of fused-ring (bicyclic) bond motifs is 1. The summed E-state index contributed by atoms with van der Waals surface area (Å²) < 4.78 is 6.35. The van der Waals surface area contributed by atoms with Crippen LogP contribution in [0.1, 0.15) is 35.3 Å². The van der Waals surface area contributed by atoms with Gasteiger partial charge in [-0.25, -0.2) is 4.98 Å². The Labute approximate surface area is 189 Å². The monoisotopic (exact) mass is 447 g/mol. The van der Waals surface area contributed by atoms with Crippen LogP contribution in [0.25, 0.3) is 10.2 Å². The van der Waals surface area contributed by atoms with Gasteiger partial charge >= 0.3 is 0 Å². The zero-order chi connectivity index (χ0) is 21.0. The summed E-state index contributed by atoms with van der Waals surface area (Å²) in [5, 5.41) is 0.728. The van der Waals surface area contributed by atoms with Crippen LogP contribution in [-0.4, -0.2) is 49.1 Å². The molecule has 162 valence electrons. The molecule has 0 saturated carbocycles. The van der Waals surface area contributed by atoms with Crippen molar-refractivity contribution < 1.29 is 9.53 Å². The molecule has 30 heavy (non-hydrogen) atoms. The Morgan fingerprint density at radius 2 is 1.80 bits per heavy atom. The minimum Gasteiger partial charge on any atom is -0.497 e. The lowest BCUT2D eigenvalue weighted by Crippen LogP contribution is -2.39. The summed E-state index contributed by atoms with van der Waals surface area (Å²) in [5.41, 5.74) is 3.68. The van der Waals surface area contributed by atoms with Crippen molar-refractivity contribution in [2.45, 2.75) is 27.7 Å². The van der Waals surface area contributed by atoms with Crippen molar-refractivity contribution in [3.8, 4) is 5.75 Å². The highest BCUT2D eigenvalue weighted by atomic mass is 35.5. The van der Waals surface area contributed by atoms with E-state index in [0.717, 1.165) is 57.4 Å². The standard InChI is InChI=1S/C23H29N3O2S.ClH/c1-6-25(7-2)12-13-26(22(27)19-14-16(3)8-9-17(19)4)23-24-20-11-10-18(28-5)15-21(20)29-23;/h8-11,14-15H,6-7,12-13H2,1-5H3;1H. The van der Waals surface area contributed by atoms with Crippen LogP contribution in [-0.2, 0) is 0 Å². The fourth-order valence-electron chi connectivity index (χ4n) is 3.31. The van der Waals surface area contributed by atoms with E-state index in [1.165, 1.54) is 11.3 Å². The van der Waals surface area contributed by atoms with Gasteiger partial charge < -0.3 is 9.64 Å². The number of rotatable bonds is 8. The van der Waals surface area contributed by atoms with Crippen molar-refractivity contribution in [2.24, 2.45) is 0 Å². The lowest BCUT2D eigenvalue weighted by atomic mass is 10.0. The maximum Gasteiger partial charge on any atom is 0.260 e. The maximum absolute atomic E-state index is 13.6. The number of benzene rings is 2. The molecule has 0 fully saturated rings. The van der Waals surface area contributed by atoms with Crippen molar-refractivity contribution in [2.75, 3.05) is 38.2 Å². The number of halogens is 1. The molecule has 0 radical (unpaired) electrons. The Balaban J connectivity index is 0.00000320. The first-order chi connectivity index (χ1) is 14.0. The van der Waals surface area contributed by atoms with Crippen molar-refractivity contribution in [1.82, 2.24) is 9.88 Å². The van der Waals surface area contributed by atoms with Crippen LogP contribution in [0, 0.1) is 13.8 Å². The molecule has 0 aliphatic heterocycles. The number of thiazole rings is 1. The average Bonchev–Trinajstić information content (AvgIpc) is 3.15. The molecular formula is C23H30ClN3O2S. The summed E-state index contributed by atoms with van der Waals surface area (Å²) in [6.45, 7) is 11.6. The largest absolute Gasteiger partial charge is 0.497 e. The topological polar surface area (TPSA) is 45.7 Å². The number of likely N-dealkylation sites (N-methyl/N-ethyl adjacent to an activating group) is 1. The fourth-order valence-corrected chi connectivity index (χ4v) is 4.33. The van der Waals surface area contributed by atoms with Crippen molar-refractivity contribution >= 4 is 45.0 Å². The first-order valence-electron chi connectivity index (χ1n) is 10.0. The lowest BCUT2D eigenvalue weighted by Gasteiger charge is -2.25. The number of aryl methyl sites for hydroxylation is 2. The molecule has 1 aromatic heterocycles. The number of aromatic nitrogens is 1. The molecule has 0 aliphatic rings. The number of hydrogen-bond acceptors (Lipinski definition) is 5. The summed E-state index contributed by atoms with van der Waals surface area (Å²) in [6.07, 6.45) is 0. The second kappa shape index (κ2) is 10.8. The zero-order valence-corrected chi connectivity index (χ0v) is 19.9. The third-order valence-corrected chi connectivity index (χ3v) is 6.26. The van der Waals surface area contributed by atoms with Gasteiger partial charge in [0.25, 0.3) is 5.91 Å². The Bertz CT molecular complexity index is 1000. The van der Waals surface area contributed by atoms with Gasteiger partial charge in [-0.05, 0) is 56.8 Å². The number of amides is 1. The van der Waals surface area contributed by atoms with Gasteiger partial charge in [-0.1, -0.05) is 42.9 Å². The van der Waals surface area contributed by atoms with Gasteiger partial charge in [0, 0.05) is 18.7 Å². The highest BCUT2D eigenvalue weighted by Gasteiger charge is 2.23. The molecule has 2 aromatic carbocycles. The van der Waals surface area contributed by atoms with E-state index in [9.17, 15) is 4.79 Å². The third kappa shape index (κ3) is 5.31. The van der Waals surface area contributed by atoms with Gasteiger partial charge in [0.1, 0.15) is 5.75 Å². The van der Waals surface area contributed by atoms with Crippen LogP contribution >= 0.6 is 23.7 Å². The van der Waals surface area contributed by atoms with E-state index >= 15 is 0 Å². The summed E-state index contributed by atoms with van der Waals surface area (Å²) in [4.78, 5) is 22.5. The van der Waals surface area contributed by atoms with Crippen LogP contribution in [0.4, 0.5) is 5.13 Å². The average molecular weight is 448 g/mol. The van der Waals surface area contributed by atoms with E-state index in [4.69, 9.17) is 9.72 Å². The number of methoxy groups -OCH3 is 1. The van der Waals surface area contributed by atoms with Gasteiger partial charge in [0.05, 0.1) is 17.3 Å². The molecule has 7 heteroatoms. The normalized spacial score (nSPS) is 10.9. The van der Waals surface area contributed by atoms with Gasteiger partial charge in [-0.15, -0.1) is 12.4 Å². The molecule has 0 N–H and O–H groups in total. The molecule has 0 bridgehead atoms. The number of carbonyl (C=O) groups is 1. The molecule has 1 heterocycles. The van der Waals surface area contributed by atoms with Crippen LogP contribution in [0.3, 0.4) is 0 Å². The minimum absolute atomic E-state index is 0. The number of hydrogen-bond donors (Lipinski definition) is 0. The Kier molecular flexibility index (Phi) is 8.65. The van der Waals surface area contributed by atoms with Gasteiger partial charge in [-0.3, -0.25) is 9.69 Å². The van der Waals surface area contributed by atoms with E-state index in [0.29, 0.717) is 6.54 Å². The van der Waals surface area contributed by atoms with E-state index in [1.54, 1.807) is 7.11 Å². The number of carbonyl (C=O) groups excluding carboxylic acids is 1. The first kappa shape index (κ1) is 24.1. The molecule has 0 atom stereocenters. The number of ether oxygens (including phenoxy) is 1. The van der Waals surface area contributed by atoms with E-state index in [-0.39, 0.29) is 18.3 Å². The van der Waals surface area contributed by atoms with Crippen molar-refractivity contribution in [1.29, 1.82) is 0 Å². The fraction of sp³-hybridized carbons (Fsp3) is 0.391. The van der Waals surface area contributed by atoms with E-state index < -0.39 is 0 Å². The number of anilines is 1. The Morgan fingerprint density at radius 1 is 1.07 bits per heavy atom. The number of nitrogens with zero attached hydrogens (tertiary/aromatic N) is 3. The molecule has 5 nitrogen and oxygen atoms in total. The van der Waals surface area contributed by atoms with E-state index in [2.05, 4.69) is 18.7 Å². The van der Waals surface area contributed by atoms with Gasteiger partial charge in [-0.2, -0.15) is 0 Å². The molecule has 1 amide bonds. The smallest absolute Gasteiger partial charge is 0.260 e. The predicted octanol–water partition coefficient (Wildman–Crippen LogP) is 5.33. The Hall–Kier alpha value is -2.15. The predicted molar refractivity (Wildman–Crippen MR) is 129 cm³/mol. The van der Waals surface area contributed by atoms with Crippen LogP contribution < -0.4 is 9.64 Å². The summed E-state index contributed by atoms with van der Waals surface area (Å²) in [6, 6.07) is 11.8. The summed E-state index contributed by atoms with van der Waals surface area (Å²) in [5.74, 6) is 0.799. The van der Waals surface area contributed by atoms with Crippen LogP contribution in [0.15, 0.2) is 36.4 Å². The van der Waals surface area contributed by atoms with Crippen LogP contribution in [0.5, 0.6) is 5.75 Å². The summed E-state index contributed by atoms with van der Waals surface area (Å²) >= 11 is 1.53. The van der Waals surface area contributed by atoms with Crippen molar-refractivity contribution in [3.63, 3.8) is 0 Å². The molecular weight excluding hydrogens is 418 g/mol. The Morgan fingerprint density at radius 3 is 2.47 bits per heavy atom. The lowest BCUT2D eigenvalue weighted by molar-refractivity contribution is 0.0983. The summed E-state index contributed by atoms with van der Waals surface area (Å²) in [7, 11) is 1.66. The molecule has 0 spiro atoms. The molecule has 3 rings (SSSR count). The molecule has 0 saturated heterocycles. The van der Waals surface area contributed by atoms with Gasteiger partial charge in [0.2, 0.25) is 0 Å². The van der Waals surface area contributed by atoms with Crippen molar-refractivity contribution in [3.05, 3.63) is 53.1 Å². The highest BCUT2D eigenvalue weighted by molar-refractivity contribution is 7.22. The first-order valence-corrected chi connectivity index (χ1v) is 10.8. The highest BCUT2D eigenvalue weighted by Crippen LogP contribution is 2.32. The molecule has 0 aliphatic carbocycles. The quantitative estimate of drug-likeness (QED) is 0.468. The third-order valence-electron chi connectivity index (χ3n) is 5.22. The van der Waals surface area contributed by atoms with Gasteiger partial charge in [0.15, 0.2) is 5.13 Å².